The van der Waals surface area contributed by atoms with Crippen molar-refractivity contribution < 1.29 is 18.7 Å². The average Bonchev–Trinajstić information content (AvgIpc) is 2.77. The maximum atomic E-state index is 11.8. The lowest BCUT2D eigenvalue weighted by Crippen LogP contribution is -2.41. The summed E-state index contributed by atoms with van der Waals surface area (Å²) in [5.74, 6) is -0.356. The molecule has 0 N–H and O–H groups in total. The summed E-state index contributed by atoms with van der Waals surface area (Å²) in [6.07, 6.45) is 1.23. The first-order valence-electron chi connectivity index (χ1n) is 5.90. The summed E-state index contributed by atoms with van der Waals surface area (Å²) in [6, 6.07) is 1.60. The molecule has 0 bridgehead atoms. The van der Waals surface area contributed by atoms with Crippen LogP contribution in [-0.2, 0) is 9.47 Å². The first-order valence-corrected chi connectivity index (χ1v) is 6.69. The van der Waals surface area contributed by atoms with Gasteiger partial charge in [0, 0.05) is 25.7 Å². The van der Waals surface area contributed by atoms with Gasteiger partial charge < -0.3 is 13.9 Å². The fraction of sp³-hybridized carbons (Fsp3) is 0.583. The number of nitrogens with zero attached hydrogens (tertiary/aromatic N) is 1. The third-order valence-electron chi connectivity index (χ3n) is 2.73. The summed E-state index contributed by atoms with van der Waals surface area (Å²) < 4.78 is 16.1. The van der Waals surface area contributed by atoms with Crippen molar-refractivity contribution in [2.24, 2.45) is 0 Å². The summed E-state index contributed by atoms with van der Waals surface area (Å²) in [5.41, 5.74) is 0.427. The summed E-state index contributed by atoms with van der Waals surface area (Å²) in [7, 11) is 0. The molecule has 0 saturated carbocycles. The molecule has 1 aliphatic heterocycles. The maximum Gasteiger partial charge on any atom is 0.341 e. The topological polar surface area (TPSA) is 51.9 Å². The maximum absolute atomic E-state index is 11.8. The van der Waals surface area contributed by atoms with Crippen LogP contribution < -0.4 is 0 Å². The minimum absolute atomic E-state index is 0.149. The third-order valence-corrected chi connectivity index (χ3v) is 3.15. The van der Waals surface area contributed by atoms with Gasteiger partial charge in [-0.05, 0) is 22.9 Å². The number of esters is 1. The molecule has 1 aromatic rings. The largest absolute Gasteiger partial charge is 0.458 e. The molecular weight excluding hydrogens is 302 g/mol. The van der Waals surface area contributed by atoms with Crippen molar-refractivity contribution in [3.63, 3.8) is 0 Å². The highest BCUT2D eigenvalue weighted by atomic mass is 79.9. The standard InChI is InChI=1S/C12H16BrNO4/c1-9(7-14-2-4-16-5-3-14)18-12(15)10-6-11(13)17-8-10/h6,8-9H,2-5,7H2,1H3. The first-order chi connectivity index (χ1) is 8.65. The van der Waals surface area contributed by atoms with Crippen LogP contribution in [-0.4, -0.2) is 49.8 Å². The summed E-state index contributed by atoms with van der Waals surface area (Å²) in [4.78, 5) is 14.0. The molecule has 18 heavy (non-hydrogen) atoms. The van der Waals surface area contributed by atoms with Crippen LogP contribution in [0, 0.1) is 0 Å². The Kier molecular flexibility index (Phi) is 4.79. The lowest BCUT2D eigenvalue weighted by Gasteiger charge is -2.28. The number of hydrogen-bond acceptors (Lipinski definition) is 5. The number of hydrogen-bond donors (Lipinski definition) is 0. The molecule has 1 unspecified atom stereocenters. The van der Waals surface area contributed by atoms with Crippen molar-refractivity contribution in [1.82, 2.24) is 4.90 Å². The Hall–Kier alpha value is -0.850. The summed E-state index contributed by atoms with van der Waals surface area (Å²) in [6.45, 7) is 5.89. The number of carbonyl (C=O) groups excluding carboxylic acids is 1. The smallest absolute Gasteiger partial charge is 0.341 e. The van der Waals surface area contributed by atoms with Crippen LogP contribution in [0.15, 0.2) is 21.4 Å². The lowest BCUT2D eigenvalue weighted by molar-refractivity contribution is 0.000415. The molecule has 0 aliphatic carbocycles. The number of furan rings is 1. The summed E-state index contributed by atoms with van der Waals surface area (Å²) >= 11 is 3.15. The zero-order chi connectivity index (χ0) is 13.0. The predicted molar refractivity (Wildman–Crippen MR) is 68.5 cm³/mol. The van der Waals surface area contributed by atoms with Gasteiger partial charge in [0.2, 0.25) is 0 Å². The molecule has 1 fully saturated rings. The SMILES string of the molecule is CC(CN1CCOCC1)OC(=O)c1coc(Br)c1. The fourth-order valence-corrected chi connectivity index (χ4v) is 2.19. The summed E-state index contributed by atoms with van der Waals surface area (Å²) in [5, 5.41) is 0. The van der Waals surface area contributed by atoms with Crippen LogP contribution in [0.4, 0.5) is 0 Å². The number of morpholine rings is 1. The molecule has 6 heteroatoms. The van der Waals surface area contributed by atoms with Gasteiger partial charge in [0.05, 0.1) is 18.8 Å². The third kappa shape index (κ3) is 3.83. The van der Waals surface area contributed by atoms with E-state index in [0.29, 0.717) is 10.2 Å². The molecule has 0 amide bonds. The second-order valence-corrected chi connectivity index (χ2v) is 5.05. The van der Waals surface area contributed by atoms with Gasteiger partial charge in [-0.2, -0.15) is 0 Å². The van der Waals surface area contributed by atoms with E-state index in [4.69, 9.17) is 13.9 Å². The molecule has 1 atom stereocenters. The van der Waals surface area contributed by atoms with E-state index in [2.05, 4.69) is 20.8 Å². The molecule has 1 aliphatic rings. The van der Waals surface area contributed by atoms with Gasteiger partial charge in [0.25, 0.3) is 0 Å². The van der Waals surface area contributed by atoms with E-state index < -0.39 is 0 Å². The van der Waals surface area contributed by atoms with Crippen molar-refractivity contribution in [2.45, 2.75) is 13.0 Å². The normalized spacial score (nSPS) is 18.6. The van der Waals surface area contributed by atoms with Crippen LogP contribution in [0.25, 0.3) is 0 Å². The number of rotatable bonds is 4. The minimum atomic E-state index is -0.356. The molecule has 0 radical (unpaired) electrons. The highest BCUT2D eigenvalue weighted by molar-refractivity contribution is 9.10. The van der Waals surface area contributed by atoms with Gasteiger partial charge in [0.1, 0.15) is 12.4 Å². The van der Waals surface area contributed by atoms with Crippen LogP contribution in [0.5, 0.6) is 0 Å². The zero-order valence-electron chi connectivity index (χ0n) is 10.2. The Morgan fingerprint density at radius 1 is 1.56 bits per heavy atom. The first kappa shape index (κ1) is 13.6. The van der Waals surface area contributed by atoms with E-state index in [1.54, 1.807) is 6.07 Å². The fourth-order valence-electron chi connectivity index (χ4n) is 1.85. The van der Waals surface area contributed by atoms with E-state index in [9.17, 15) is 4.79 Å². The van der Waals surface area contributed by atoms with E-state index >= 15 is 0 Å². The van der Waals surface area contributed by atoms with Crippen LogP contribution in [0.1, 0.15) is 17.3 Å². The van der Waals surface area contributed by atoms with Crippen molar-refractivity contribution in [2.75, 3.05) is 32.8 Å². The molecule has 0 spiro atoms. The van der Waals surface area contributed by atoms with Gasteiger partial charge in [-0.1, -0.05) is 0 Å². The van der Waals surface area contributed by atoms with Crippen molar-refractivity contribution in [3.05, 3.63) is 22.6 Å². The Morgan fingerprint density at radius 3 is 2.89 bits per heavy atom. The van der Waals surface area contributed by atoms with Crippen molar-refractivity contribution in [3.8, 4) is 0 Å². The van der Waals surface area contributed by atoms with E-state index in [0.717, 1.165) is 32.8 Å². The van der Waals surface area contributed by atoms with Crippen LogP contribution in [0.3, 0.4) is 0 Å². The molecule has 1 saturated heterocycles. The van der Waals surface area contributed by atoms with E-state index in [1.807, 2.05) is 6.92 Å². The van der Waals surface area contributed by atoms with Crippen molar-refractivity contribution >= 4 is 21.9 Å². The molecule has 100 valence electrons. The van der Waals surface area contributed by atoms with Crippen LogP contribution >= 0.6 is 15.9 Å². The highest BCUT2D eigenvalue weighted by Gasteiger charge is 2.18. The second kappa shape index (κ2) is 6.36. The molecule has 5 nitrogen and oxygen atoms in total. The number of carbonyl (C=O) groups is 1. The molecule has 0 aromatic carbocycles. The van der Waals surface area contributed by atoms with Gasteiger partial charge >= 0.3 is 5.97 Å². The number of ether oxygens (including phenoxy) is 2. The molecular formula is C12H16BrNO4. The average molecular weight is 318 g/mol. The van der Waals surface area contributed by atoms with Gasteiger partial charge in [-0.25, -0.2) is 4.79 Å². The van der Waals surface area contributed by atoms with Crippen molar-refractivity contribution in [1.29, 1.82) is 0 Å². The second-order valence-electron chi connectivity index (χ2n) is 4.27. The molecule has 1 aromatic heterocycles. The van der Waals surface area contributed by atoms with E-state index in [1.165, 1.54) is 6.26 Å². The Bertz CT molecular complexity index is 401. The van der Waals surface area contributed by atoms with Gasteiger partial charge in [-0.15, -0.1) is 0 Å². The minimum Gasteiger partial charge on any atom is -0.458 e. The molecule has 2 rings (SSSR count). The van der Waals surface area contributed by atoms with Gasteiger partial charge in [0.15, 0.2) is 4.67 Å². The quantitative estimate of drug-likeness (QED) is 0.794. The monoisotopic (exact) mass is 317 g/mol. The van der Waals surface area contributed by atoms with E-state index in [-0.39, 0.29) is 12.1 Å². The Morgan fingerprint density at radius 2 is 2.28 bits per heavy atom. The predicted octanol–water partition coefficient (Wildman–Crippen LogP) is 1.92. The Labute approximate surface area is 114 Å². The Balaban J connectivity index is 1.79. The number of halogens is 1. The zero-order valence-corrected chi connectivity index (χ0v) is 11.8. The lowest BCUT2D eigenvalue weighted by atomic mass is 10.3. The molecule has 2 heterocycles. The van der Waals surface area contributed by atoms with Crippen LogP contribution in [0.2, 0.25) is 0 Å². The highest BCUT2D eigenvalue weighted by Crippen LogP contribution is 2.15. The van der Waals surface area contributed by atoms with Gasteiger partial charge in [-0.3, -0.25) is 4.90 Å².